The van der Waals surface area contributed by atoms with Gasteiger partial charge in [-0.15, -0.1) is 17.0 Å². The topological polar surface area (TPSA) is 23.5 Å². The third-order valence-electron chi connectivity index (χ3n) is 2.09. The zero-order chi connectivity index (χ0) is 9.84. The molecule has 0 aliphatic carbocycles. The number of phenols is 1. The van der Waals surface area contributed by atoms with Gasteiger partial charge >= 0.3 is 0 Å². The van der Waals surface area contributed by atoms with Crippen molar-refractivity contribution in [2.75, 3.05) is 14.1 Å². The molecule has 3 heteroatoms. The lowest BCUT2D eigenvalue weighted by Crippen LogP contribution is -2.12. The molecule has 0 spiro atoms. The van der Waals surface area contributed by atoms with Crippen molar-refractivity contribution >= 4 is 17.0 Å². The maximum Gasteiger partial charge on any atom is 0.119 e. The fraction of sp³-hybridized carbons (Fsp3) is 0.455. The highest BCUT2D eigenvalue weighted by Gasteiger charge is 2.05. The predicted molar refractivity (Wildman–Crippen MR) is 65.2 cm³/mol. The number of rotatable bonds is 3. The van der Waals surface area contributed by atoms with E-state index in [9.17, 15) is 5.11 Å². The summed E-state index contributed by atoms with van der Waals surface area (Å²) in [5, 5.41) is 9.59. The van der Waals surface area contributed by atoms with Crippen LogP contribution in [0.15, 0.2) is 18.2 Å². The van der Waals surface area contributed by atoms with Crippen LogP contribution in [0.25, 0.3) is 0 Å². The van der Waals surface area contributed by atoms with E-state index in [1.54, 1.807) is 6.07 Å². The van der Waals surface area contributed by atoms with Gasteiger partial charge in [0.15, 0.2) is 0 Å². The van der Waals surface area contributed by atoms with Gasteiger partial charge in [0.2, 0.25) is 0 Å². The van der Waals surface area contributed by atoms with Crippen LogP contribution in [0.3, 0.4) is 0 Å². The second-order valence-electron chi connectivity index (χ2n) is 3.51. The normalized spacial score (nSPS) is 10.0. The van der Waals surface area contributed by atoms with Gasteiger partial charge in [0.1, 0.15) is 5.75 Å². The quantitative estimate of drug-likeness (QED) is 0.903. The summed E-state index contributed by atoms with van der Waals surface area (Å²) < 4.78 is 0. The first kappa shape index (κ1) is 13.5. The molecule has 1 aromatic rings. The molecule has 0 fully saturated rings. The lowest BCUT2D eigenvalue weighted by atomic mass is 10.0. The Morgan fingerprint density at radius 1 is 1.29 bits per heavy atom. The summed E-state index contributed by atoms with van der Waals surface area (Å²) in [5.41, 5.74) is 2.28. The van der Waals surface area contributed by atoms with Gasteiger partial charge in [-0.3, -0.25) is 0 Å². The van der Waals surface area contributed by atoms with E-state index in [0.717, 1.165) is 18.5 Å². The molecule has 14 heavy (non-hydrogen) atoms. The van der Waals surface area contributed by atoms with Crippen LogP contribution >= 0.6 is 17.0 Å². The van der Waals surface area contributed by atoms with E-state index in [2.05, 4.69) is 17.9 Å². The van der Waals surface area contributed by atoms with Gasteiger partial charge in [0, 0.05) is 6.54 Å². The van der Waals surface area contributed by atoms with E-state index in [1.807, 2.05) is 20.2 Å². The van der Waals surface area contributed by atoms with Crippen molar-refractivity contribution < 1.29 is 5.11 Å². The number of benzene rings is 1. The molecular formula is C11H18BrNO. The first-order valence-corrected chi connectivity index (χ1v) is 4.59. The number of halogens is 1. The second-order valence-corrected chi connectivity index (χ2v) is 3.51. The van der Waals surface area contributed by atoms with E-state index in [0.29, 0.717) is 5.75 Å². The highest BCUT2D eigenvalue weighted by atomic mass is 79.9. The van der Waals surface area contributed by atoms with Gasteiger partial charge in [-0.2, -0.15) is 0 Å². The molecule has 0 aliphatic heterocycles. The van der Waals surface area contributed by atoms with Gasteiger partial charge in [-0.1, -0.05) is 19.1 Å². The average Bonchev–Trinajstić information content (AvgIpc) is 2.03. The van der Waals surface area contributed by atoms with Gasteiger partial charge in [0.05, 0.1) is 0 Å². The number of hydrogen-bond donors (Lipinski definition) is 1. The Morgan fingerprint density at radius 2 is 1.93 bits per heavy atom. The highest BCUT2D eigenvalue weighted by Crippen LogP contribution is 2.22. The lowest BCUT2D eigenvalue weighted by Gasteiger charge is -2.14. The zero-order valence-electron chi connectivity index (χ0n) is 8.95. The number of phenolic OH excluding ortho intramolecular Hbond substituents is 1. The van der Waals surface area contributed by atoms with Gasteiger partial charge < -0.3 is 10.0 Å². The molecular weight excluding hydrogens is 242 g/mol. The Labute approximate surface area is 96.3 Å². The fourth-order valence-corrected chi connectivity index (χ4v) is 1.52. The fourth-order valence-electron chi connectivity index (χ4n) is 1.52. The molecule has 2 nitrogen and oxygen atoms in total. The predicted octanol–water partition coefficient (Wildman–Crippen LogP) is 2.59. The Morgan fingerprint density at radius 3 is 2.43 bits per heavy atom. The Balaban J connectivity index is 0.00000169. The Hall–Kier alpha value is -0.540. The van der Waals surface area contributed by atoms with Crippen molar-refractivity contribution in [3.8, 4) is 5.75 Å². The number of aromatic hydroxyl groups is 1. The zero-order valence-corrected chi connectivity index (χ0v) is 10.7. The monoisotopic (exact) mass is 259 g/mol. The summed E-state index contributed by atoms with van der Waals surface area (Å²) in [5.74, 6) is 0.418. The van der Waals surface area contributed by atoms with Crippen LogP contribution in [0.5, 0.6) is 5.75 Å². The Kier molecular flexibility index (Phi) is 5.81. The maximum absolute atomic E-state index is 9.59. The molecule has 0 heterocycles. The lowest BCUT2D eigenvalue weighted by molar-refractivity contribution is 0.398. The van der Waals surface area contributed by atoms with Gasteiger partial charge in [-0.25, -0.2) is 0 Å². The van der Waals surface area contributed by atoms with Crippen molar-refractivity contribution in [1.29, 1.82) is 0 Å². The summed E-state index contributed by atoms with van der Waals surface area (Å²) in [6.07, 6.45) is 0.885. The smallest absolute Gasteiger partial charge is 0.119 e. The first-order chi connectivity index (χ1) is 6.15. The summed E-state index contributed by atoms with van der Waals surface area (Å²) in [6.45, 7) is 2.95. The minimum Gasteiger partial charge on any atom is -0.508 e. The van der Waals surface area contributed by atoms with Crippen LogP contribution in [0, 0.1) is 0 Å². The van der Waals surface area contributed by atoms with Crippen LogP contribution in [-0.2, 0) is 13.0 Å². The molecule has 0 aliphatic rings. The van der Waals surface area contributed by atoms with Crippen molar-refractivity contribution in [3.63, 3.8) is 0 Å². The summed E-state index contributed by atoms with van der Waals surface area (Å²) >= 11 is 0. The molecule has 1 rings (SSSR count). The third-order valence-corrected chi connectivity index (χ3v) is 2.09. The molecule has 0 saturated carbocycles. The second kappa shape index (κ2) is 6.04. The number of hydrogen-bond acceptors (Lipinski definition) is 2. The molecule has 1 N–H and O–H groups in total. The molecule has 0 saturated heterocycles. The summed E-state index contributed by atoms with van der Waals surface area (Å²) in [7, 11) is 4.06. The van der Waals surface area contributed by atoms with Crippen molar-refractivity contribution in [3.05, 3.63) is 29.3 Å². The largest absolute Gasteiger partial charge is 0.508 e. The number of nitrogens with zero attached hydrogens (tertiary/aromatic N) is 1. The van der Waals surface area contributed by atoms with Crippen molar-refractivity contribution in [2.24, 2.45) is 0 Å². The molecule has 0 atom stereocenters. The SMILES string of the molecule is Br.CCc1c(O)cccc1CN(C)C. The molecule has 0 bridgehead atoms. The molecule has 1 aromatic carbocycles. The van der Waals surface area contributed by atoms with Crippen LogP contribution in [0.4, 0.5) is 0 Å². The Bertz CT molecular complexity index is 287. The van der Waals surface area contributed by atoms with Crippen LogP contribution in [0.2, 0.25) is 0 Å². The van der Waals surface area contributed by atoms with Gasteiger partial charge in [0.25, 0.3) is 0 Å². The first-order valence-electron chi connectivity index (χ1n) is 4.59. The third kappa shape index (κ3) is 3.31. The minimum atomic E-state index is 0. The molecule has 0 amide bonds. The van der Waals surface area contributed by atoms with Crippen LogP contribution in [-0.4, -0.2) is 24.1 Å². The molecule has 0 radical (unpaired) electrons. The van der Waals surface area contributed by atoms with Crippen LogP contribution < -0.4 is 0 Å². The molecule has 80 valence electrons. The summed E-state index contributed by atoms with van der Waals surface area (Å²) in [4.78, 5) is 2.11. The van der Waals surface area contributed by atoms with Gasteiger partial charge in [-0.05, 0) is 37.7 Å². The summed E-state index contributed by atoms with van der Waals surface area (Å²) in [6, 6.07) is 5.71. The maximum atomic E-state index is 9.59. The standard InChI is InChI=1S/C11H17NO.BrH/c1-4-10-9(8-12(2)3)6-5-7-11(10)13;/h5-7,13H,4,8H2,1-3H3;1H. The van der Waals surface area contributed by atoms with E-state index >= 15 is 0 Å². The van der Waals surface area contributed by atoms with E-state index < -0.39 is 0 Å². The minimum absolute atomic E-state index is 0. The van der Waals surface area contributed by atoms with Crippen LogP contribution in [0.1, 0.15) is 18.1 Å². The van der Waals surface area contributed by atoms with Crippen molar-refractivity contribution in [2.45, 2.75) is 19.9 Å². The average molecular weight is 260 g/mol. The highest BCUT2D eigenvalue weighted by molar-refractivity contribution is 8.93. The van der Waals surface area contributed by atoms with Crippen molar-refractivity contribution in [1.82, 2.24) is 4.90 Å². The van der Waals surface area contributed by atoms with E-state index in [4.69, 9.17) is 0 Å². The van der Waals surface area contributed by atoms with E-state index in [1.165, 1.54) is 5.56 Å². The molecule has 0 aromatic heterocycles. The molecule has 0 unspecified atom stereocenters. The van der Waals surface area contributed by atoms with E-state index in [-0.39, 0.29) is 17.0 Å².